The highest BCUT2D eigenvalue weighted by Gasteiger charge is 1.97. The summed E-state index contributed by atoms with van der Waals surface area (Å²) in [5.74, 6) is 0.599. The van der Waals surface area contributed by atoms with Crippen LogP contribution in [0.2, 0.25) is 0 Å². The topological polar surface area (TPSA) is 26.0 Å². The molecule has 0 radical (unpaired) electrons. The largest absolute Gasteiger partial charge is 0.326 e. The predicted octanol–water partition coefficient (Wildman–Crippen LogP) is 3.29. The average Bonchev–Trinajstić information content (AvgIpc) is 2.21. The van der Waals surface area contributed by atoms with Crippen molar-refractivity contribution in [1.82, 2.24) is 0 Å². The highest BCUT2D eigenvalue weighted by atomic mass is 14.5. The summed E-state index contributed by atoms with van der Waals surface area (Å²) in [5, 5.41) is 0. The maximum atomic E-state index is 5.52. The van der Waals surface area contributed by atoms with Crippen molar-refractivity contribution in [3.8, 4) is 0 Å². The summed E-state index contributed by atoms with van der Waals surface area (Å²) in [6, 6.07) is 8.44. The van der Waals surface area contributed by atoms with E-state index in [1.807, 2.05) is 13.8 Å². The van der Waals surface area contributed by atoms with Gasteiger partial charge in [-0.05, 0) is 17.0 Å². The predicted molar refractivity (Wildman–Crippen MR) is 59.8 cm³/mol. The molecule has 1 rings (SSSR count). The molecule has 0 fully saturated rings. The third-order valence-corrected chi connectivity index (χ3v) is 1.85. The highest BCUT2D eigenvalue weighted by Crippen LogP contribution is 2.14. The molecule has 74 valence electrons. The third-order valence-electron chi connectivity index (χ3n) is 1.85. The maximum Gasteiger partial charge on any atom is 0.0178 e. The number of nitrogens with two attached hydrogens (primary N) is 1. The van der Waals surface area contributed by atoms with Gasteiger partial charge in [-0.3, -0.25) is 0 Å². The maximum absolute atomic E-state index is 5.52. The van der Waals surface area contributed by atoms with Gasteiger partial charge in [0.25, 0.3) is 0 Å². The molecule has 1 aromatic rings. The van der Waals surface area contributed by atoms with Gasteiger partial charge >= 0.3 is 0 Å². The Balaban J connectivity index is 0.000000671. The number of hydrogen-bond acceptors (Lipinski definition) is 1. The van der Waals surface area contributed by atoms with Crippen LogP contribution in [0.25, 0.3) is 0 Å². The number of benzene rings is 1. The van der Waals surface area contributed by atoms with Crippen molar-refractivity contribution in [3.63, 3.8) is 0 Å². The minimum Gasteiger partial charge on any atom is -0.326 e. The first kappa shape index (κ1) is 12.2. The van der Waals surface area contributed by atoms with E-state index in [4.69, 9.17) is 5.73 Å². The zero-order valence-corrected chi connectivity index (χ0v) is 9.17. The first-order valence-electron chi connectivity index (χ1n) is 5.03. The molecule has 0 atom stereocenters. The molecular weight excluding hydrogens is 158 g/mol. The van der Waals surface area contributed by atoms with Crippen LogP contribution in [-0.4, -0.2) is 0 Å². The van der Waals surface area contributed by atoms with Gasteiger partial charge in [-0.2, -0.15) is 0 Å². The molecule has 0 aromatic heterocycles. The van der Waals surface area contributed by atoms with Crippen LogP contribution in [0.4, 0.5) is 0 Å². The molecule has 0 aliphatic rings. The summed E-state index contributed by atoms with van der Waals surface area (Å²) in [6.07, 6.45) is 0. The molecule has 2 N–H and O–H groups in total. The molecule has 0 amide bonds. The van der Waals surface area contributed by atoms with Crippen LogP contribution >= 0.6 is 0 Å². The molecule has 0 aliphatic carbocycles. The highest BCUT2D eigenvalue weighted by molar-refractivity contribution is 5.25. The average molecular weight is 179 g/mol. The van der Waals surface area contributed by atoms with E-state index >= 15 is 0 Å². The summed E-state index contributed by atoms with van der Waals surface area (Å²) in [5.41, 5.74) is 8.11. The van der Waals surface area contributed by atoms with Crippen LogP contribution in [0.15, 0.2) is 24.3 Å². The SMILES string of the molecule is CC.CC(C)c1cccc(CN)c1. The molecular formula is C12H21N. The molecule has 1 aromatic carbocycles. The lowest BCUT2D eigenvalue weighted by Gasteiger charge is -2.05. The van der Waals surface area contributed by atoms with E-state index < -0.39 is 0 Å². The molecule has 0 aliphatic heterocycles. The fourth-order valence-electron chi connectivity index (χ4n) is 1.08. The second kappa shape index (κ2) is 6.67. The Labute approximate surface area is 82.0 Å². The molecule has 0 heterocycles. The van der Waals surface area contributed by atoms with Crippen molar-refractivity contribution in [2.24, 2.45) is 5.73 Å². The molecule has 1 nitrogen and oxygen atoms in total. The second-order valence-corrected chi connectivity index (χ2v) is 3.10. The molecule has 0 saturated carbocycles. The summed E-state index contributed by atoms with van der Waals surface area (Å²) < 4.78 is 0. The zero-order valence-electron chi connectivity index (χ0n) is 9.17. The van der Waals surface area contributed by atoms with Gasteiger partial charge in [0.15, 0.2) is 0 Å². The molecule has 0 saturated heterocycles. The Morgan fingerprint density at radius 1 is 1.23 bits per heavy atom. The van der Waals surface area contributed by atoms with Gasteiger partial charge < -0.3 is 5.73 Å². The Hall–Kier alpha value is -0.820. The monoisotopic (exact) mass is 179 g/mol. The van der Waals surface area contributed by atoms with Gasteiger partial charge in [-0.15, -0.1) is 0 Å². The second-order valence-electron chi connectivity index (χ2n) is 3.10. The minimum absolute atomic E-state index is 0.599. The number of rotatable bonds is 2. The van der Waals surface area contributed by atoms with E-state index in [-0.39, 0.29) is 0 Å². The molecule has 13 heavy (non-hydrogen) atoms. The van der Waals surface area contributed by atoms with Crippen LogP contribution in [0.5, 0.6) is 0 Å². The normalized spacial score (nSPS) is 9.38. The Morgan fingerprint density at radius 3 is 2.31 bits per heavy atom. The third kappa shape index (κ3) is 4.09. The van der Waals surface area contributed by atoms with Crippen molar-refractivity contribution < 1.29 is 0 Å². The lowest BCUT2D eigenvalue weighted by Crippen LogP contribution is -1.97. The first-order chi connectivity index (χ1) is 6.24. The smallest absolute Gasteiger partial charge is 0.0178 e. The number of hydrogen-bond donors (Lipinski definition) is 1. The van der Waals surface area contributed by atoms with Gasteiger partial charge in [-0.25, -0.2) is 0 Å². The fourth-order valence-corrected chi connectivity index (χ4v) is 1.08. The first-order valence-corrected chi connectivity index (χ1v) is 5.03. The van der Waals surface area contributed by atoms with E-state index in [9.17, 15) is 0 Å². The molecule has 0 bridgehead atoms. The van der Waals surface area contributed by atoms with Crippen molar-refractivity contribution in [1.29, 1.82) is 0 Å². The van der Waals surface area contributed by atoms with Crippen LogP contribution in [0.3, 0.4) is 0 Å². The van der Waals surface area contributed by atoms with Crippen LogP contribution in [-0.2, 0) is 6.54 Å². The molecule has 0 spiro atoms. The van der Waals surface area contributed by atoms with Gasteiger partial charge in [0, 0.05) is 6.54 Å². The van der Waals surface area contributed by atoms with Gasteiger partial charge in [0.05, 0.1) is 0 Å². The van der Waals surface area contributed by atoms with Crippen molar-refractivity contribution >= 4 is 0 Å². The Bertz CT molecular complexity index is 228. The Morgan fingerprint density at radius 2 is 1.85 bits per heavy atom. The quantitative estimate of drug-likeness (QED) is 0.740. The summed E-state index contributed by atoms with van der Waals surface area (Å²) in [6.45, 7) is 9.02. The van der Waals surface area contributed by atoms with E-state index in [1.165, 1.54) is 11.1 Å². The summed E-state index contributed by atoms with van der Waals surface area (Å²) >= 11 is 0. The van der Waals surface area contributed by atoms with E-state index in [2.05, 4.69) is 38.1 Å². The van der Waals surface area contributed by atoms with Crippen LogP contribution in [0.1, 0.15) is 44.7 Å². The van der Waals surface area contributed by atoms with Crippen molar-refractivity contribution in [2.75, 3.05) is 0 Å². The molecule has 0 unspecified atom stereocenters. The van der Waals surface area contributed by atoms with E-state index in [0.717, 1.165) is 0 Å². The fraction of sp³-hybridized carbons (Fsp3) is 0.500. The summed E-state index contributed by atoms with van der Waals surface area (Å²) in [7, 11) is 0. The van der Waals surface area contributed by atoms with Crippen molar-refractivity contribution in [2.45, 2.75) is 40.2 Å². The van der Waals surface area contributed by atoms with E-state index in [1.54, 1.807) is 0 Å². The lowest BCUT2D eigenvalue weighted by atomic mass is 10.0. The Kier molecular flexibility index (Phi) is 6.25. The minimum atomic E-state index is 0.599. The summed E-state index contributed by atoms with van der Waals surface area (Å²) in [4.78, 5) is 0. The lowest BCUT2D eigenvalue weighted by molar-refractivity contribution is 0.861. The molecule has 1 heteroatoms. The zero-order chi connectivity index (χ0) is 10.3. The van der Waals surface area contributed by atoms with Crippen molar-refractivity contribution in [3.05, 3.63) is 35.4 Å². The van der Waals surface area contributed by atoms with Gasteiger partial charge in [0.1, 0.15) is 0 Å². The van der Waals surface area contributed by atoms with Gasteiger partial charge in [-0.1, -0.05) is 52.0 Å². The standard InChI is InChI=1S/C10H15N.C2H6/c1-8(2)10-5-3-4-9(6-10)7-11;1-2/h3-6,8H,7,11H2,1-2H3;1-2H3. The van der Waals surface area contributed by atoms with E-state index in [0.29, 0.717) is 12.5 Å². The van der Waals surface area contributed by atoms with Crippen LogP contribution in [0, 0.1) is 0 Å². The van der Waals surface area contributed by atoms with Crippen LogP contribution < -0.4 is 5.73 Å². The van der Waals surface area contributed by atoms with Gasteiger partial charge in [0.2, 0.25) is 0 Å².